The number of carboxylic acid groups (broad SMARTS) is 1. The number of nitrogens with zero attached hydrogens (tertiary/aromatic N) is 2. The molecule has 4 nitrogen and oxygen atoms in total. The molecule has 0 saturated heterocycles. The quantitative estimate of drug-likeness (QED) is 0.447. The van der Waals surface area contributed by atoms with Crippen LogP contribution in [0.1, 0.15) is 38.3 Å². The Morgan fingerprint density at radius 2 is 1.26 bits per heavy atom. The predicted octanol–water partition coefficient (Wildman–Crippen LogP) is 5.23. The molecule has 0 aliphatic heterocycles. The van der Waals surface area contributed by atoms with Gasteiger partial charge in [-0.15, -0.1) is 0 Å². The van der Waals surface area contributed by atoms with Crippen molar-refractivity contribution >= 4 is 5.97 Å². The van der Waals surface area contributed by atoms with Crippen molar-refractivity contribution in [1.29, 1.82) is 5.26 Å². The van der Waals surface area contributed by atoms with E-state index in [0.29, 0.717) is 5.56 Å². The van der Waals surface area contributed by atoms with E-state index in [9.17, 15) is 15.2 Å². The summed E-state index contributed by atoms with van der Waals surface area (Å²) >= 11 is 0. The maximum atomic E-state index is 11.7. The van der Waals surface area contributed by atoms with Crippen molar-refractivity contribution in [2.24, 2.45) is 0 Å². The van der Waals surface area contributed by atoms with Crippen LogP contribution in [0, 0.1) is 11.3 Å². The predicted molar refractivity (Wildman–Crippen MR) is 119 cm³/mol. The highest BCUT2D eigenvalue weighted by molar-refractivity contribution is 5.87. The van der Waals surface area contributed by atoms with Gasteiger partial charge in [-0.1, -0.05) is 91.0 Å². The minimum Gasteiger partial charge on any atom is -0.477 e. The molecule has 1 N–H and O–H groups in total. The molecule has 0 aliphatic rings. The van der Waals surface area contributed by atoms with Gasteiger partial charge in [0.25, 0.3) is 0 Å². The second-order valence-electron chi connectivity index (χ2n) is 7.22. The summed E-state index contributed by atoms with van der Waals surface area (Å²) in [5.74, 6) is -1.14. The number of nitriles is 1. The van der Waals surface area contributed by atoms with Gasteiger partial charge in [0.1, 0.15) is 0 Å². The largest absolute Gasteiger partial charge is 0.477 e. The molecule has 1 heterocycles. The molecule has 1 aromatic heterocycles. The Morgan fingerprint density at radius 3 is 1.65 bits per heavy atom. The summed E-state index contributed by atoms with van der Waals surface area (Å²) < 4.78 is 0. The van der Waals surface area contributed by atoms with Crippen molar-refractivity contribution in [1.82, 2.24) is 4.98 Å². The zero-order chi connectivity index (χ0) is 21.7. The van der Waals surface area contributed by atoms with E-state index in [1.807, 2.05) is 60.7 Å². The molecule has 0 saturated carbocycles. The van der Waals surface area contributed by atoms with E-state index in [-0.39, 0.29) is 12.1 Å². The summed E-state index contributed by atoms with van der Waals surface area (Å²) in [5.41, 5.74) is 3.48. The number of hydrogen-bond donors (Lipinski definition) is 1. The first kappa shape index (κ1) is 20.1. The van der Waals surface area contributed by atoms with Crippen LogP contribution in [0.15, 0.2) is 103 Å². The van der Waals surface area contributed by atoms with E-state index in [0.717, 1.165) is 22.3 Å². The molecule has 0 atom stereocenters. The maximum Gasteiger partial charge on any atom is 0.354 e. The van der Waals surface area contributed by atoms with E-state index in [4.69, 9.17) is 0 Å². The number of benzene rings is 3. The van der Waals surface area contributed by atoms with Gasteiger partial charge in [0.15, 0.2) is 5.69 Å². The average Bonchev–Trinajstić information content (AvgIpc) is 2.82. The third-order valence-corrected chi connectivity index (χ3v) is 5.49. The van der Waals surface area contributed by atoms with Crippen LogP contribution in [0.2, 0.25) is 0 Å². The topological polar surface area (TPSA) is 74.0 Å². The minimum absolute atomic E-state index is 0.0308. The average molecular weight is 404 g/mol. The molecule has 31 heavy (non-hydrogen) atoms. The van der Waals surface area contributed by atoms with Gasteiger partial charge in [-0.25, -0.2) is 9.78 Å². The molecule has 4 aromatic rings. The van der Waals surface area contributed by atoms with Gasteiger partial charge in [0.05, 0.1) is 17.9 Å². The smallest absolute Gasteiger partial charge is 0.354 e. The summed E-state index contributed by atoms with van der Waals surface area (Å²) in [4.78, 5) is 16.0. The fraction of sp³-hybridized carbons (Fsp3) is 0.0741. The van der Waals surface area contributed by atoms with Crippen LogP contribution in [0.3, 0.4) is 0 Å². The van der Waals surface area contributed by atoms with Gasteiger partial charge < -0.3 is 5.11 Å². The number of pyridine rings is 1. The second-order valence-corrected chi connectivity index (χ2v) is 7.22. The summed E-state index contributed by atoms with van der Waals surface area (Å²) in [5, 5.41) is 18.9. The lowest BCUT2D eigenvalue weighted by Crippen LogP contribution is -2.31. The molecule has 0 fully saturated rings. The molecular formula is C27H20N2O2. The van der Waals surface area contributed by atoms with Crippen LogP contribution in [0.5, 0.6) is 0 Å². The highest BCUT2D eigenvalue weighted by atomic mass is 16.4. The number of hydrogen-bond acceptors (Lipinski definition) is 3. The maximum absolute atomic E-state index is 11.7. The monoisotopic (exact) mass is 404 g/mol. The van der Waals surface area contributed by atoms with E-state index in [1.165, 1.54) is 0 Å². The van der Waals surface area contributed by atoms with Crippen LogP contribution in [0.4, 0.5) is 0 Å². The van der Waals surface area contributed by atoms with Gasteiger partial charge >= 0.3 is 5.97 Å². The minimum atomic E-state index is -1.14. The van der Waals surface area contributed by atoms with Crippen LogP contribution >= 0.6 is 0 Å². The molecule has 0 radical (unpaired) electrons. The van der Waals surface area contributed by atoms with Crippen LogP contribution in [-0.2, 0) is 11.8 Å². The van der Waals surface area contributed by atoms with E-state index in [2.05, 4.69) is 47.5 Å². The first-order valence-electron chi connectivity index (χ1n) is 9.94. The standard InChI is InChI=1S/C27H20N2O2/c28-17-16-20-18-24(19-29-25(20)26(30)31)27(21-10-4-1-5-11-21,22-12-6-2-7-13-22)23-14-8-3-9-15-23/h1-15,18-19H,16H2,(H,30,31). The van der Waals surface area contributed by atoms with E-state index >= 15 is 0 Å². The first-order chi connectivity index (χ1) is 15.2. The Labute approximate surface area is 181 Å². The van der Waals surface area contributed by atoms with Gasteiger partial charge in [-0.3, -0.25) is 0 Å². The van der Waals surface area contributed by atoms with Crippen LogP contribution in [-0.4, -0.2) is 16.1 Å². The van der Waals surface area contributed by atoms with E-state index < -0.39 is 11.4 Å². The van der Waals surface area contributed by atoms with Gasteiger partial charge in [0.2, 0.25) is 0 Å². The Balaban J connectivity index is 2.12. The number of aromatic nitrogens is 1. The first-order valence-corrected chi connectivity index (χ1v) is 9.94. The SMILES string of the molecule is N#CCc1cc(C(c2ccccc2)(c2ccccc2)c2ccccc2)cnc1C(=O)O. The number of rotatable bonds is 6. The fourth-order valence-electron chi connectivity index (χ4n) is 4.19. The lowest BCUT2D eigenvalue weighted by molar-refractivity contribution is 0.0689. The summed E-state index contributed by atoms with van der Waals surface area (Å²) in [6.45, 7) is 0. The van der Waals surface area contributed by atoms with E-state index in [1.54, 1.807) is 6.20 Å². The highest BCUT2D eigenvalue weighted by Gasteiger charge is 2.39. The molecule has 0 aliphatic carbocycles. The normalized spacial score (nSPS) is 10.9. The molecule has 3 aromatic carbocycles. The summed E-state index contributed by atoms with van der Waals surface area (Å²) in [6.07, 6.45) is 1.59. The Morgan fingerprint density at radius 1 is 0.806 bits per heavy atom. The summed E-state index contributed by atoms with van der Waals surface area (Å²) in [6, 6.07) is 34.1. The van der Waals surface area contributed by atoms with Gasteiger partial charge in [-0.2, -0.15) is 5.26 Å². The lowest BCUT2D eigenvalue weighted by atomic mass is 9.65. The number of carbonyl (C=O) groups is 1. The molecule has 0 amide bonds. The third-order valence-electron chi connectivity index (χ3n) is 5.49. The number of aromatic carboxylic acids is 1. The molecule has 0 unspecified atom stereocenters. The molecule has 4 rings (SSSR count). The van der Waals surface area contributed by atoms with Gasteiger partial charge in [0, 0.05) is 6.20 Å². The van der Waals surface area contributed by atoms with Crippen molar-refractivity contribution < 1.29 is 9.90 Å². The highest BCUT2D eigenvalue weighted by Crippen LogP contribution is 2.45. The Kier molecular flexibility index (Phi) is 5.59. The van der Waals surface area contributed by atoms with Crippen molar-refractivity contribution in [2.45, 2.75) is 11.8 Å². The van der Waals surface area contributed by atoms with Crippen LogP contribution < -0.4 is 0 Å². The van der Waals surface area contributed by atoms with Gasteiger partial charge in [-0.05, 0) is 33.9 Å². The molecule has 0 spiro atoms. The second kappa shape index (κ2) is 8.64. The van der Waals surface area contributed by atoms with Crippen molar-refractivity contribution in [2.75, 3.05) is 0 Å². The molecule has 150 valence electrons. The molecular weight excluding hydrogens is 384 g/mol. The molecule has 0 bridgehead atoms. The van der Waals surface area contributed by atoms with Crippen molar-refractivity contribution in [3.8, 4) is 6.07 Å². The zero-order valence-corrected chi connectivity index (χ0v) is 16.8. The number of carboxylic acids is 1. The van der Waals surface area contributed by atoms with Crippen molar-refractivity contribution in [3.05, 3.63) is 137 Å². The lowest BCUT2D eigenvalue weighted by Gasteiger charge is -2.36. The van der Waals surface area contributed by atoms with Crippen LogP contribution in [0.25, 0.3) is 0 Å². The summed E-state index contributed by atoms with van der Waals surface area (Å²) in [7, 11) is 0. The zero-order valence-electron chi connectivity index (χ0n) is 16.8. The molecule has 4 heteroatoms. The fourth-order valence-corrected chi connectivity index (χ4v) is 4.19. The van der Waals surface area contributed by atoms with Crippen molar-refractivity contribution in [3.63, 3.8) is 0 Å². The Bertz CT molecular complexity index is 1130. The Hall–Kier alpha value is -4.23. The third kappa shape index (κ3) is 3.58.